The summed E-state index contributed by atoms with van der Waals surface area (Å²) < 4.78 is 5.82. The number of ether oxygens (including phenoxy) is 1. The van der Waals surface area contributed by atoms with Crippen molar-refractivity contribution in [1.29, 1.82) is 0 Å². The second-order valence-electron chi connectivity index (χ2n) is 5.27. The molecule has 22 heavy (non-hydrogen) atoms. The van der Waals surface area contributed by atoms with Crippen molar-refractivity contribution in [3.63, 3.8) is 0 Å². The number of aliphatic hydroxyl groups excluding tert-OH is 1. The van der Waals surface area contributed by atoms with Gasteiger partial charge in [-0.3, -0.25) is 4.79 Å². The third-order valence-electron chi connectivity index (χ3n) is 3.43. The molecular weight excluding hydrogens is 278 g/mol. The summed E-state index contributed by atoms with van der Waals surface area (Å²) in [6, 6.07) is 14.8. The van der Waals surface area contributed by atoms with Crippen molar-refractivity contribution in [2.45, 2.75) is 26.5 Å². The van der Waals surface area contributed by atoms with Crippen LogP contribution in [0.4, 0.5) is 0 Å². The largest absolute Gasteiger partial charge is 0.488 e. The van der Waals surface area contributed by atoms with E-state index in [0.29, 0.717) is 17.9 Å². The predicted molar refractivity (Wildman–Crippen MR) is 86.0 cm³/mol. The third kappa shape index (κ3) is 4.09. The van der Waals surface area contributed by atoms with Gasteiger partial charge < -0.3 is 15.2 Å². The van der Waals surface area contributed by atoms with Gasteiger partial charge in [0.1, 0.15) is 12.4 Å². The Morgan fingerprint density at radius 2 is 1.86 bits per heavy atom. The number of carbonyl (C=O) groups is 1. The van der Waals surface area contributed by atoms with Crippen LogP contribution in [-0.2, 0) is 6.61 Å². The van der Waals surface area contributed by atoms with E-state index in [9.17, 15) is 4.79 Å². The van der Waals surface area contributed by atoms with Gasteiger partial charge in [0, 0.05) is 6.04 Å². The van der Waals surface area contributed by atoms with Gasteiger partial charge in [0.05, 0.1) is 12.2 Å². The summed E-state index contributed by atoms with van der Waals surface area (Å²) in [5.74, 6) is 0.287. The van der Waals surface area contributed by atoms with Crippen LogP contribution in [0.15, 0.2) is 48.5 Å². The lowest BCUT2D eigenvalue weighted by Gasteiger charge is -2.15. The number of carbonyl (C=O) groups excluding carboxylic acids is 1. The fourth-order valence-corrected chi connectivity index (χ4v) is 2.05. The molecule has 0 heterocycles. The van der Waals surface area contributed by atoms with E-state index in [1.54, 1.807) is 25.1 Å². The Morgan fingerprint density at radius 3 is 2.59 bits per heavy atom. The smallest absolute Gasteiger partial charge is 0.255 e. The normalized spacial score (nSPS) is 11.8. The van der Waals surface area contributed by atoms with Crippen LogP contribution in [-0.4, -0.2) is 23.7 Å². The number of hydrogen-bond acceptors (Lipinski definition) is 3. The zero-order chi connectivity index (χ0) is 15.9. The van der Waals surface area contributed by atoms with Crippen LogP contribution in [0.3, 0.4) is 0 Å². The predicted octanol–water partition coefficient (Wildman–Crippen LogP) is 2.68. The highest BCUT2D eigenvalue weighted by Crippen LogP contribution is 2.20. The number of nitrogens with one attached hydrogen (secondary N) is 1. The summed E-state index contributed by atoms with van der Waals surface area (Å²) in [6.07, 6.45) is 0. The molecule has 0 aromatic heterocycles. The first kappa shape index (κ1) is 16.0. The minimum Gasteiger partial charge on any atom is -0.488 e. The van der Waals surface area contributed by atoms with Gasteiger partial charge in [0.25, 0.3) is 5.91 Å². The van der Waals surface area contributed by atoms with Gasteiger partial charge in [-0.05, 0) is 37.1 Å². The molecule has 0 saturated heterocycles. The van der Waals surface area contributed by atoms with E-state index in [1.165, 1.54) is 0 Å². The van der Waals surface area contributed by atoms with Crippen LogP contribution in [0.1, 0.15) is 28.4 Å². The zero-order valence-electron chi connectivity index (χ0n) is 12.9. The molecule has 0 fully saturated rings. The van der Waals surface area contributed by atoms with Gasteiger partial charge in [0.2, 0.25) is 0 Å². The number of aryl methyl sites for hydroxylation is 1. The minimum absolute atomic E-state index is 0.0992. The lowest BCUT2D eigenvalue weighted by atomic mass is 10.1. The van der Waals surface area contributed by atoms with Gasteiger partial charge in [-0.1, -0.05) is 36.4 Å². The highest BCUT2D eigenvalue weighted by Gasteiger charge is 2.14. The van der Waals surface area contributed by atoms with Crippen molar-refractivity contribution in [3.05, 3.63) is 65.2 Å². The first-order valence-electron chi connectivity index (χ1n) is 7.30. The van der Waals surface area contributed by atoms with Gasteiger partial charge in [-0.2, -0.15) is 0 Å². The minimum atomic E-state index is -0.295. The van der Waals surface area contributed by atoms with Gasteiger partial charge in [0.15, 0.2) is 0 Å². The molecule has 0 radical (unpaired) electrons. The molecule has 0 aliphatic carbocycles. The average Bonchev–Trinajstić information content (AvgIpc) is 2.54. The highest BCUT2D eigenvalue weighted by atomic mass is 16.5. The molecule has 4 nitrogen and oxygen atoms in total. The molecule has 0 saturated carbocycles. The maximum absolute atomic E-state index is 12.2. The molecule has 2 aromatic carbocycles. The average molecular weight is 299 g/mol. The fraction of sp³-hybridized carbons (Fsp3) is 0.278. The maximum Gasteiger partial charge on any atom is 0.255 e. The van der Waals surface area contributed by atoms with Crippen LogP contribution in [0.2, 0.25) is 0 Å². The lowest BCUT2D eigenvalue weighted by Crippen LogP contribution is -2.35. The molecule has 116 valence electrons. The van der Waals surface area contributed by atoms with Crippen LogP contribution in [0.5, 0.6) is 5.75 Å². The summed E-state index contributed by atoms with van der Waals surface area (Å²) in [4.78, 5) is 12.2. The molecule has 2 N–H and O–H groups in total. The fourth-order valence-electron chi connectivity index (χ4n) is 2.05. The monoisotopic (exact) mass is 299 g/mol. The van der Waals surface area contributed by atoms with E-state index >= 15 is 0 Å². The van der Waals surface area contributed by atoms with Gasteiger partial charge in [-0.25, -0.2) is 0 Å². The Hall–Kier alpha value is -2.33. The number of para-hydroxylation sites is 1. The number of hydrogen-bond donors (Lipinski definition) is 2. The van der Waals surface area contributed by atoms with Crippen LogP contribution >= 0.6 is 0 Å². The molecule has 4 heteroatoms. The van der Waals surface area contributed by atoms with Crippen molar-refractivity contribution in [2.24, 2.45) is 0 Å². The number of rotatable bonds is 6. The molecule has 1 unspecified atom stereocenters. The molecule has 1 atom stereocenters. The molecular formula is C18H21NO3. The molecule has 1 amide bonds. The standard InChI is InChI=1S/C18H21NO3/c1-13-7-3-4-8-15(13)12-22-17-10-6-5-9-16(17)18(21)19-14(2)11-20/h3-10,14,20H,11-12H2,1-2H3,(H,19,21). The summed E-state index contributed by atoms with van der Waals surface area (Å²) in [7, 11) is 0. The summed E-state index contributed by atoms with van der Waals surface area (Å²) in [5, 5.41) is 11.8. The Bertz CT molecular complexity index is 640. The Kier molecular flexibility index (Phi) is 5.55. The van der Waals surface area contributed by atoms with E-state index in [1.807, 2.05) is 37.3 Å². The van der Waals surface area contributed by atoms with Crippen molar-refractivity contribution in [2.75, 3.05) is 6.61 Å². The first-order valence-corrected chi connectivity index (χ1v) is 7.30. The molecule has 0 bridgehead atoms. The molecule has 2 rings (SSSR count). The summed E-state index contributed by atoms with van der Waals surface area (Å²) >= 11 is 0. The van der Waals surface area contributed by atoms with E-state index < -0.39 is 0 Å². The summed E-state index contributed by atoms with van der Waals surface area (Å²) in [6.45, 7) is 4.08. The zero-order valence-corrected chi connectivity index (χ0v) is 12.9. The van der Waals surface area contributed by atoms with Gasteiger partial charge >= 0.3 is 0 Å². The lowest BCUT2D eigenvalue weighted by molar-refractivity contribution is 0.0918. The Labute approximate surface area is 130 Å². The molecule has 0 aliphatic heterocycles. The first-order chi connectivity index (χ1) is 10.6. The third-order valence-corrected chi connectivity index (χ3v) is 3.43. The van der Waals surface area contributed by atoms with Crippen molar-refractivity contribution in [1.82, 2.24) is 5.32 Å². The molecule has 0 aliphatic rings. The number of amides is 1. The van der Waals surface area contributed by atoms with Crippen LogP contribution in [0, 0.1) is 6.92 Å². The number of aliphatic hydroxyl groups is 1. The topological polar surface area (TPSA) is 58.6 Å². The van der Waals surface area contributed by atoms with E-state index in [-0.39, 0.29) is 18.6 Å². The Balaban J connectivity index is 2.11. The highest BCUT2D eigenvalue weighted by molar-refractivity contribution is 5.97. The van der Waals surface area contributed by atoms with E-state index in [0.717, 1.165) is 11.1 Å². The number of benzene rings is 2. The second-order valence-corrected chi connectivity index (χ2v) is 5.27. The van der Waals surface area contributed by atoms with Gasteiger partial charge in [-0.15, -0.1) is 0 Å². The quantitative estimate of drug-likeness (QED) is 0.862. The van der Waals surface area contributed by atoms with Crippen molar-refractivity contribution < 1.29 is 14.6 Å². The molecule has 0 spiro atoms. The second kappa shape index (κ2) is 7.61. The van der Waals surface area contributed by atoms with Crippen molar-refractivity contribution >= 4 is 5.91 Å². The molecule has 2 aromatic rings. The van der Waals surface area contributed by atoms with Crippen LogP contribution < -0.4 is 10.1 Å². The van der Waals surface area contributed by atoms with E-state index in [4.69, 9.17) is 9.84 Å². The SMILES string of the molecule is Cc1ccccc1COc1ccccc1C(=O)NC(C)CO. The summed E-state index contributed by atoms with van der Waals surface area (Å²) in [5.41, 5.74) is 2.70. The van der Waals surface area contributed by atoms with Crippen molar-refractivity contribution in [3.8, 4) is 5.75 Å². The Morgan fingerprint density at radius 1 is 1.18 bits per heavy atom. The van der Waals surface area contributed by atoms with E-state index in [2.05, 4.69) is 5.32 Å². The maximum atomic E-state index is 12.2. The van der Waals surface area contributed by atoms with Crippen LogP contribution in [0.25, 0.3) is 0 Å².